The monoisotopic (exact) mass is 366 g/mol. The molecule has 26 heavy (non-hydrogen) atoms. The van der Waals surface area contributed by atoms with Gasteiger partial charge >= 0.3 is 6.18 Å². The fourth-order valence-electron chi connectivity index (χ4n) is 3.15. The normalized spacial score (nSPS) is 16.7. The highest BCUT2D eigenvalue weighted by Crippen LogP contribution is 2.41. The molecule has 2 aromatic rings. The van der Waals surface area contributed by atoms with E-state index in [9.17, 15) is 18.0 Å². The number of alkyl halides is 3. The van der Waals surface area contributed by atoms with Crippen LogP contribution in [0, 0.1) is 0 Å². The van der Waals surface area contributed by atoms with Crippen molar-refractivity contribution in [3.05, 3.63) is 42.0 Å². The van der Waals surface area contributed by atoms with Gasteiger partial charge in [-0.1, -0.05) is 37.6 Å². The number of nitrogens with one attached hydrogen (secondary N) is 1. The van der Waals surface area contributed by atoms with Gasteiger partial charge < -0.3 is 4.74 Å². The molecule has 1 atom stereocenters. The SMILES string of the molecule is CCCCOc1ccc2cccc(C(N3CCC(=O)N3)C(F)(F)F)c2c1. The molecule has 140 valence electrons. The van der Waals surface area contributed by atoms with Crippen molar-refractivity contribution < 1.29 is 22.7 Å². The Morgan fingerprint density at radius 3 is 2.73 bits per heavy atom. The van der Waals surface area contributed by atoms with E-state index in [0.29, 0.717) is 23.1 Å². The first-order chi connectivity index (χ1) is 12.4. The number of benzene rings is 2. The highest BCUT2D eigenvalue weighted by Gasteiger charge is 2.47. The minimum absolute atomic E-state index is 0.0199. The predicted molar refractivity (Wildman–Crippen MR) is 92.6 cm³/mol. The number of carbonyl (C=O) groups excluding carboxylic acids is 1. The number of amides is 1. The van der Waals surface area contributed by atoms with E-state index in [2.05, 4.69) is 5.43 Å². The fourth-order valence-corrected chi connectivity index (χ4v) is 3.15. The van der Waals surface area contributed by atoms with Crippen LogP contribution in [0.25, 0.3) is 10.8 Å². The van der Waals surface area contributed by atoms with Crippen molar-refractivity contribution >= 4 is 16.7 Å². The molecule has 2 aromatic carbocycles. The smallest absolute Gasteiger partial charge is 0.409 e. The average molecular weight is 366 g/mol. The maximum Gasteiger partial charge on any atom is 0.409 e. The molecule has 0 radical (unpaired) electrons. The van der Waals surface area contributed by atoms with Crippen molar-refractivity contribution in [2.45, 2.75) is 38.4 Å². The van der Waals surface area contributed by atoms with Gasteiger partial charge in [0.2, 0.25) is 5.91 Å². The minimum Gasteiger partial charge on any atom is -0.494 e. The number of carbonyl (C=O) groups is 1. The Morgan fingerprint density at radius 1 is 1.27 bits per heavy atom. The van der Waals surface area contributed by atoms with E-state index >= 15 is 0 Å². The molecule has 0 aromatic heterocycles. The quantitative estimate of drug-likeness (QED) is 0.773. The third-order valence-electron chi connectivity index (χ3n) is 4.42. The number of halogens is 3. The molecule has 0 saturated carbocycles. The molecule has 0 spiro atoms. The van der Waals surface area contributed by atoms with Crippen LogP contribution in [-0.2, 0) is 4.79 Å². The van der Waals surface area contributed by atoms with Gasteiger partial charge in [0.25, 0.3) is 0 Å². The van der Waals surface area contributed by atoms with Crippen LogP contribution in [0.1, 0.15) is 37.8 Å². The molecule has 1 N–H and O–H groups in total. The number of rotatable bonds is 6. The summed E-state index contributed by atoms with van der Waals surface area (Å²) in [5, 5.41) is 2.15. The number of nitrogens with zero attached hydrogens (tertiary/aromatic N) is 1. The zero-order chi connectivity index (χ0) is 18.7. The summed E-state index contributed by atoms with van der Waals surface area (Å²) in [6.45, 7) is 2.58. The Balaban J connectivity index is 2.02. The molecule has 3 rings (SSSR count). The molecule has 1 aliphatic heterocycles. The standard InChI is InChI=1S/C19H21F3N2O2/c1-2-3-11-26-14-8-7-13-5-4-6-15(16(13)12-14)18(19(20,21)22)24-10-9-17(25)23-24/h4-8,12,18H,2-3,9-11H2,1H3,(H,23,25). The van der Waals surface area contributed by atoms with E-state index in [-0.39, 0.29) is 18.5 Å². The zero-order valence-electron chi connectivity index (χ0n) is 14.5. The summed E-state index contributed by atoms with van der Waals surface area (Å²) in [5.74, 6) is 0.146. The molecular weight excluding hydrogens is 345 g/mol. The third kappa shape index (κ3) is 3.93. The number of hydrogen-bond acceptors (Lipinski definition) is 3. The van der Waals surface area contributed by atoms with Crippen LogP contribution < -0.4 is 10.2 Å². The van der Waals surface area contributed by atoms with Crippen LogP contribution in [-0.4, -0.2) is 30.2 Å². The van der Waals surface area contributed by atoms with Crippen molar-refractivity contribution in [2.24, 2.45) is 0 Å². The molecule has 0 bridgehead atoms. The van der Waals surface area contributed by atoms with Gasteiger partial charge in [-0.15, -0.1) is 0 Å². The van der Waals surface area contributed by atoms with Gasteiger partial charge in [0.05, 0.1) is 6.61 Å². The summed E-state index contributed by atoms with van der Waals surface area (Å²) in [5.41, 5.74) is 2.43. The molecule has 1 aliphatic rings. The van der Waals surface area contributed by atoms with Crippen LogP contribution in [0.2, 0.25) is 0 Å². The Morgan fingerprint density at radius 2 is 2.08 bits per heavy atom. The lowest BCUT2D eigenvalue weighted by Crippen LogP contribution is -2.43. The first-order valence-electron chi connectivity index (χ1n) is 8.68. The molecule has 4 nitrogen and oxygen atoms in total. The van der Waals surface area contributed by atoms with E-state index in [1.165, 1.54) is 6.07 Å². The number of ether oxygens (including phenoxy) is 1. The number of hydrazine groups is 1. The molecule has 1 fully saturated rings. The number of fused-ring (bicyclic) bond motifs is 1. The lowest BCUT2D eigenvalue weighted by atomic mass is 9.97. The van der Waals surface area contributed by atoms with Crippen LogP contribution >= 0.6 is 0 Å². The minimum atomic E-state index is -4.52. The Kier molecular flexibility index (Phi) is 5.36. The summed E-state index contributed by atoms with van der Waals surface area (Å²) in [7, 11) is 0. The van der Waals surface area contributed by atoms with Crippen molar-refractivity contribution in [2.75, 3.05) is 13.2 Å². The van der Waals surface area contributed by atoms with Crippen LogP contribution in [0.5, 0.6) is 5.75 Å². The van der Waals surface area contributed by atoms with Gasteiger partial charge in [-0.25, -0.2) is 5.01 Å². The number of hydrogen-bond donors (Lipinski definition) is 1. The van der Waals surface area contributed by atoms with Crippen molar-refractivity contribution in [1.29, 1.82) is 0 Å². The molecule has 1 heterocycles. The summed E-state index contributed by atoms with van der Waals surface area (Å²) in [4.78, 5) is 11.4. The summed E-state index contributed by atoms with van der Waals surface area (Å²) < 4.78 is 47.2. The molecular formula is C19H21F3N2O2. The second-order valence-corrected chi connectivity index (χ2v) is 6.35. The van der Waals surface area contributed by atoms with Crippen LogP contribution in [0.15, 0.2) is 36.4 Å². The summed E-state index contributed by atoms with van der Waals surface area (Å²) in [6.07, 6.45) is -2.61. The van der Waals surface area contributed by atoms with Crippen molar-refractivity contribution in [1.82, 2.24) is 10.4 Å². The van der Waals surface area contributed by atoms with Crippen molar-refractivity contribution in [3.63, 3.8) is 0 Å². The Hall–Kier alpha value is -2.28. The second-order valence-electron chi connectivity index (χ2n) is 6.35. The molecule has 0 aliphatic carbocycles. The van der Waals surface area contributed by atoms with Crippen molar-refractivity contribution in [3.8, 4) is 5.75 Å². The van der Waals surface area contributed by atoms with Gasteiger partial charge in [0, 0.05) is 13.0 Å². The average Bonchev–Trinajstić information content (AvgIpc) is 3.00. The number of unbranched alkanes of at least 4 members (excludes halogenated alkanes) is 1. The predicted octanol–water partition coefficient (Wildman–Crippen LogP) is 4.36. The van der Waals surface area contributed by atoms with Crippen LogP contribution in [0.4, 0.5) is 13.2 Å². The zero-order valence-corrected chi connectivity index (χ0v) is 14.5. The topological polar surface area (TPSA) is 41.6 Å². The summed E-state index contributed by atoms with van der Waals surface area (Å²) >= 11 is 0. The molecule has 7 heteroatoms. The maximum atomic E-state index is 13.8. The van der Waals surface area contributed by atoms with Gasteiger partial charge in [-0.05, 0) is 34.9 Å². The highest BCUT2D eigenvalue weighted by molar-refractivity contribution is 5.87. The van der Waals surface area contributed by atoms with Crippen LogP contribution in [0.3, 0.4) is 0 Å². The van der Waals surface area contributed by atoms with Gasteiger partial charge in [0.15, 0.2) is 6.04 Å². The summed E-state index contributed by atoms with van der Waals surface area (Å²) in [6, 6.07) is 8.11. The fraction of sp³-hybridized carbons (Fsp3) is 0.421. The van der Waals surface area contributed by atoms with Gasteiger partial charge in [0.1, 0.15) is 5.75 Å². The second kappa shape index (κ2) is 7.53. The van der Waals surface area contributed by atoms with E-state index in [4.69, 9.17) is 4.74 Å². The lowest BCUT2D eigenvalue weighted by molar-refractivity contribution is -0.190. The molecule has 1 amide bonds. The first kappa shape index (κ1) is 18.5. The highest BCUT2D eigenvalue weighted by atomic mass is 19.4. The van der Waals surface area contributed by atoms with Gasteiger partial charge in [-0.3, -0.25) is 10.2 Å². The van der Waals surface area contributed by atoms with E-state index in [0.717, 1.165) is 17.9 Å². The third-order valence-corrected chi connectivity index (χ3v) is 4.42. The van der Waals surface area contributed by atoms with E-state index < -0.39 is 18.1 Å². The Bertz CT molecular complexity index is 792. The largest absolute Gasteiger partial charge is 0.494 e. The van der Waals surface area contributed by atoms with E-state index in [1.807, 2.05) is 6.92 Å². The maximum absolute atomic E-state index is 13.8. The lowest BCUT2D eigenvalue weighted by Gasteiger charge is -2.30. The molecule has 1 saturated heterocycles. The van der Waals surface area contributed by atoms with Gasteiger partial charge in [-0.2, -0.15) is 13.2 Å². The van der Waals surface area contributed by atoms with E-state index in [1.54, 1.807) is 30.3 Å². The first-order valence-corrected chi connectivity index (χ1v) is 8.68. The molecule has 1 unspecified atom stereocenters. The Labute approximate surface area is 149 Å².